The van der Waals surface area contributed by atoms with Gasteiger partial charge in [0, 0.05) is 43.7 Å². The lowest BCUT2D eigenvalue weighted by molar-refractivity contribution is -0.136. The molecule has 0 unspecified atom stereocenters. The van der Waals surface area contributed by atoms with E-state index < -0.39 is 0 Å². The van der Waals surface area contributed by atoms with Gasteiger partial charge in [-0.1, -0.05) is 19.4 Å². The molecule has 0 atom stereocenters. The first-order chi connectivity index (χ1) is 12.9. The van der Waals surface area contributed by atoms with E-state index in [1.165, 1.54) is 6.92 Å². The summed E-state index contributed by atoms with van der Waals surface area (Å²) >= 11 is 0. The van der Waals surface area contributed by atoms with Gasteiger partial charge in [-0.05, 0) is 50.3 Å². The number of nitrogens with zero attached hydrogens (tertiary/aromatic N) is 1. The van der Waals surface area contributed by atoms with Crippen molar-refractivity contribution in [2.24, 2.45) is 11.8 Å². The van der Waals surface area contributed by atoms with Gasteiger partial charge in [0.1, 0.15) is 0 Å². The number of rotatable bonds is 7. The second-order valence-corrected chi connectivity index (χ2v) is 7.41. The van der Waals surface area contributed by atoms with Crippen LogP contribution in [0.15, 0.2) is 24.3 Å². The fourth-order valence-electron chi connectivity index (χ4n) is 3.54. The Morgan fingerprint density at radius 1 is 1.04 bits per heavy atom. The van der Waals surface area contributed by atoms with E-state index in [1.54, 1.807) is 24.3 Å². The van der Waals surface area contributed by atoms with Gasteiger partial charge >= 0.3 is 0 Å². The lowest BCUT2D eigenvalue weighted by Crippen LogP contribution is -2.37. The fourth-order valence-corrected chi connectivity index (χ4v) is 3.54. The summed E-state index contributed by atoms with van der Waals surface area (Å²) in [6.45, 7) is 4.37. The monoisotopic (exact) mass is 373 g/mol. The van der Waals surface area contributed by atoms with E-state index in [-0.39, 0.29) is 29.6 Å². The summed E-state index contributed by atoms with van der Waals surface area (Å²) in [5, 5.41) is 5.64. The van der Waals surface area contributed by atoms with E-state index in [9.17, 15) is 14.4 Å². The number of unbranched alkanes of at least 4 members (excludes halogenated alkanes) is 1. The predicted octanol–water partition coefficient (Wildman–Crippen LogP) is 3.65. The summed E-state index contributed by atoms with van der Waals surface area (Å²) in [4.78, 5) is 38.0. The summed E-state index contributed by atoms with van der Waals surface area (Å²) in [7, 11) is 1.87. The lowest BCUT2D eigenvalue weighted by atomic mass is 9.81. The average Bonchev–Trinajstić information content (AvgIpc) is 2.65. The van der Waals surface area contributed by atoms with Crippen LogP contribution in [0.2, 0.25) is 0 Å². The van der Waals surface area contributed by atoms with E-state index in [0.717, 1.165) is 45.1 Å². The summed E-state index contributed by atoms with van der Waals surface area (Å²) in [5.41, 5.74) is 1.33. The molecule has 0 bridgehead atoms. The van der Waals surface area contributed by atoms with Gasteiger partial charge in [-0.15, -0.1) is 0 Å². The van der Waals surface area contributed by atoms with Crippen molar-refractivity contribution in [2.75, 3.05) is 24.2 Å². The normalized spacial score (nSPS) is 19.2. The molecule has 0 heterocycles. The Morgan fingerprint density at radius 2 is 1.63 bits per heavy atom. The molecule has 0 spiro atoms. The number of amides is 3. The molecule has 1 aromatic carbocycles. The van der Waals surface area contributed by atoms with E-state index in [4.69, 9.17) is 0 Å². The number of hydrogen-bond donors (Lipinski definition) is 2. The van der Waals surface area contributed by atoms with Crippen molar-refractivity contribution in [3.05, 3.63) is 24.3 Å². The second-order valence-electron chi connectivity index (χ2n) is 7.41. The fraction of sp³-hybridized carbons (Fsp3) is 0.571. The molecule has 148 valence electrons. The topological polar surface area (TPSA) is 78.5 Å². The van der Waals surface area contributed by atoms with Crippen LogP contribution in [0.3, 0.4) is 0 Å². The SMILES string of the molecule is CCCCN(C)C(=O)C1CCC(C(=O)Nc2cccc(NC(C)=O)c2)CC1. The van der Waals surface area contributed by atoms with Gasteiger partial charge in [-0.25, -0.2) is 0 Å². The minimum atomic E-state index is -0.148. The Kier molecular flexibility index (Phi) is 7.82. The van der Waals surface area contributed by atoms with E-state index in [0.29, 0.717) is 11.4 Å². The smallest absolute Gasteiger partial charge is 0.227 e. The predicted molar refractivity (Wildman–Crippen MR) is 107 cm³/mol. The van der Waals surface area contributed by atoms with E-state index in [1.807, 2.05) is 11.9 Å². The number of carbonyl (C=O) groups excluding carboxylic acids is 3. The molecule has 6 heteroatoms. The molecule has 6 nitrogen and oxygen atoms in total. The highest BCUT2D eigenvalue weighted by atomic mass is 16.2. The average molecular weight is 373 g/mol. The van der Waals surface area contributed by atoms with Crippen LogP contribution in [-0.4, -0.2) is 36.2 Å². The Labute approximate surface area is 161 Å². The molecule has 27 heavy (non-hydrogen) atoms. The summed E-state index contributed by atoms with van der Waals surface area (Å²) in [6, 6.07) is 7.13. The number of hydrogen-bond acceptors (Lipinski definition) is 3. The zero-order valence-corrected chi connectivity index (χ0v) is 16.6. The van der Waals surface area contributed by atoms with Crippen LogP contribution in [0.25, 0.3) is 0 Å². The van der Waals surface area contributed by atoms with Gasteiger partial charge in [0.05, 0.1) is 0 Å². The van der Waals surface area contributed by atoms with Gasteiger partial charge in [0.25, 0.3) is 0 Å². The van der Waals surface area contributed by atoms with Crippen LogP contribution in [0.1, 0.15) is 52.4 Å². The zero-order chi connectivity index (χ0) is 19.8. The Balaban J connectivity index is 1.84. The maximum atomic E-state index is 12.6. The molecule has 1 fully saturated rings. The molecule has 3 amide bonds. The molecule has 0 saturated heterocycles. The third kappa shape index (κ3) is 6.38. The van der Waals surface area contributed by atoms with Crippen molar-refractivity contribution in [2.45, 2.75) is 52.4 Å². The highest BCUT2D eigenvalue weighted by molar-refractivity contribution is 5.94. The molecule has 1 saturated carbocycles. The summed E-state index contributed by atoms with van der Waals surface area (Å²) in [5.74, 6) is 0.0225. The number of anilines is 2. The summed E-state index contributed by atoms with van der Waals surface area (Å²) < 4.78 is 0. The van der Waals surface area contributed by atoms with Gasteiger partial charge in [-0.2, -0.15) is 0 Å². The summed E-state index contributed by atoms with van der Waals surface area (Å²) in [6.07, 6.45) is 5.09. The number of carbonyl (C=O) groups is 3. The van der Waals surface area contributed by atoms with Crippen LogP contribution in [0.5, 0.6) is 0 Å². The first-order valence-corrected chi connectivity index (χ1v) is 9.84. The van der Waals surface area contributed by atoms with Crippen LogP contribution in [0.4, 0.5) is 11.4 Å². The number of nitrogens with one attached hydrogen (secondary N) is 2. The second kappa shape index (κ2) is 10.1. The van der Waals surface area contributed by atoms with Gasteiger partial charge in [0.2, 0.25) is 17.7 Å². The third-order valence-electron chi connectivity index (χ3n) is 5.12. The van der Waals surface area contributed by atoms with Crippen LogP contribution in [0, 0.1) is 11.8 Å². The molecule has 1 aliphatic rings. The highest BCUT2D eigenvalue weighted by Crippen LogP contribution is 2.31. The van der Waals surface area contributed by atoms with Crippen LogP contribution in [-0.2, 0) is 14.4 Å². The third-order valence-corrected chi connectivity index (χ3v) is 5.12. The molecule has 1 aromatic rings. The maximum absolute atomic E-state index is 12.6. The quantitative estimate of drug-likeness (QED) is 0.766. The molecule has 2 rings (SSSR count). The highest BCUT2D eigenvalue weighted by Gasteiger charge is 2.31. The van der Waals surface area contributed by atoms with E-state index in [2.05, 4.69) is 17.6 Å². The zero-order valence-electron chi connectivity index (χ0n) is 16.6. The van der Waals surface area contributed by atoms with Crippen molar-refractivity contribution in [1.29, 1.82) is 0 Å². The minimum absolute atomic E-state index is 0.0137. The van der Waals surface area contributed by atoms with Crippen molar-refractivity contribution >= 4 is 29.1 Å². The molecular weight excluding hydrogens is 342 g/mol. The Hall–Kier alpha value is -2.37. The van der Waals surface area contributed by atoms with Gasteiger partial charge in [-0.3, -0.25) is 14.4 Å². The molecule has 0 aliphatic heterocycles. The van der Waals surface area contributed by atoms with Crippen LogP contribution >= 0.6 is 0 Å². The molecule has 2 N–H and O–H groups in total. The Morgan fingerprint density at radius 3 is 2.22 bits per heavy atom. The largest absolute Gasteiger partial charge is 0.346 e. The van der Waals surface area contributed by atoms with Crippen LogP contribution < -0.4 is 10.6 Å². The first kappa shape index (κ1) is 20.9. The molecule has 0 aromatic heterocycles. The van der Waals surface area contributed by atoms with Crippen molar-refractivity contribution in [3.8, 4) is 0 Å². The minimum Gasteiger partial charge on any atom is -0.346 e. The molecule has 1 aliphatic carbocycles. The van der Waals surface area contributed by atoms with Crippen molar-refractivity contribution < 1.29 is 14.4 Å². The standard InChI is InChI=1S/C21H31N3O3/c1-4-5-13-24(3)21(27)17-11-9-16(10-12-17)20(26)23-19-8-6-7-18(14-19)22-15(2)25/h6-8,14,16-17H,4-5,9-13H2,1-3H3,(H,22,25)(H,23,26). The van der Waals surface area contributed by atoms with E-state index >= 15 is 0 Å². The lowest BCUT2D eigenvalue weighted by Gasteiger charge is -2.30. The Bertz CT molecular complexity index is 666. The molecule has 0 radical (unpaired) electrons. The van der Waals surface area contributed by atoms with Gasteiger partial charge < -0.3 is 15.5 Å². The molecular formula is C21H31N3O3. The van der Waals surface area contributed by atoms with Crippen molar-refractivity contribution in [1.82, 2.24) is 4.90 Å². The number of benzene rings is 1. The maximum Gasteiger partial charge on any atom is 0.227 e. The van der Waals surface area contributed by atoms with Crippen molar-refractivity contribution in [3.63, 3.8) is 0 Å². The van der Waals surface area contributed by atoms with Gasteiger partial charge in [0.15, 0.2) is 0 Å². The first-order valence-electron chi connectivity index (χ1n) is 9.84.